The molecule has 86 valence electrons. The van der Waals surface area contributed by atoms with Crippen LogP contribution in [0.1, 0.15) is 16.8 Å². The zero-order valence-electron chi connectivity index (χ0n) is 8.59. The molecule has 1 aliphatic rings. The summed E-state index contributed by atoms with van der Waals surface area (Å²) in [4.78, 5) is 11.9. The molecule has 1 aromatic carbocycles. The third-order valence-electron chi connectivity index (χ3n) is 2.57. The summed E-state index contributed by atoms with van der Waals surface area (Å²) < 4.78 is 0.872. The average Bonchev–Trinajstić information content (AvgIpc) is 2.70. The molecule has 1 fully saturated rings. The van der Waals surface area contributed by atoms with Gasteiger partial charge in [0.15, 0.2) is 0 Å². The zero-order chi connectivity index (χ0) is 11.5. The molecule has 1 atom stereocenters. The molecule has 0 radical (unpaired) electrons. The second-order valence-corrected chi connectivity index (χ2v) is 5.11. The Morgan fingerprint density at radius 2 is 2.38 bits per heavy atom. The number of amides is 1. The first-order valence-corrected chi connectivity index (χ1v) is 6.30. The van der Waals surface area contributed by atoms with E-state index in [1.165, 1.54) is 0 Å². The van der Waals surface area contributed by atoms with Gasteiger partial charge in [-0.25, -0.2) is 0 Å². The van der Waals surface area contributed by atoms with Crippen LogP contribution in [-0.4, -0.2) is 25.0 Å². The Kier molecular flexibility index (Phi) is 3.84. The summed E-state index contributed by atoms with van der Waals surface area (Å²) >= 11 is 9.31. The number of carbonyl (C=O) groups excluding carboxylic acids is 1. The second kappa shape index (κ2) is 5.17. The summed E-state index contributed by atoms with van der Waals surface area (Å²) in [5.74, 6) is -0.105. The maximum absolute atomic E-state index is 11.9. The van der Waals surface area contributed by atoms with Crippen molar-refractivity contribution < 1.29 is 4.79 Å². The Morgan fingerprint density at radius 1 is 1.56 bits per heavy atom. The van der Waals surface area contributed by atoms with E-state index in [0.29, 0.717) is 10.6 Å². The molecule has 0 bridgehead atoms. The van der Waals surface area contributed by atoms with Crippen LogP contribution in [0.2, 0.25) is 5.02 Å². The molecule has 0 unspecified atom stereocenters. The van der Waals surface area contributed by atoms with E-state index in [1.807, 2.05) is 6.07 Å². The molecule has 0 aromatic heterocycles. The molecule has 5 heteroatoms. The van der Waals surface area contributed by atoms with Crippen LogP contribution in [0, 0.1) is 0 Å². The van der Waals surface area contributed by atoms with Gasteiger partial charge in [-0.05, 0) is 31.2 Å². The van der Waals surface area contributed by atoms with Crippen LogP contribution >= 0.6 is 27.5 Å². The first kappa shape index (κ1) is 11.9. The number of carbonyl (C=O) groups is 1. The number of hydrogen-bond donors (Lipinski definition) is 2. The monoisotopic (exact) mass is 302 g/mol. The van der Waals surface area contributed by atoms with Gasteiger partial charge >= 0.3 is 0 Å². The van der Waals surface area contributed by atoms with Crippen molar-refractivity contribution in [3.05, 3.63) is 33.3 Å². The minimum atomic E-state index is -0.105. The van der Waals surface area contributed by atoms with Gasteiger partial charge in [0.05, 0.1) is 10.6 Å². The topological polar surface area (TPSA) is 41.1 Å². The molecule has 0 saturated carbocycles. The van der Waals surface area contributed by atoms with Gasteiger partial charge < -0.3 is 10.6 Å². The van der Waals surface area contributed by atoms with E-state index in [-0.39, 0.29) is 11.9 Å². The number of benzene rings is 1. The lowest BCUT2D eigenvalue weighted by Gasteiger charge is -2.12. The Labute approximate surface area is 108 Å². The summed E-state index contributed by atoms with van der Waals surface area (Å²) in [5, 5.41) is 6.62. The standard InChI is InChI=1S/C11H12BrClN2O/c12-7-1-2-9(10(13)5-7)11(16)15-8-3-4-14-6-8/h1-2,5,8,14H,3-4,6H2,(H,15,16)/t8-/m0/s1. The molecule has 1 saturated heterocycles. The molecular formula is C11H12BrClN2O. The van der Waals surface area contributed by atoms with Gasteiger partial charge in [-0.3, -0.25) is 4.79 Å². The first-order chi connectivity index (χ1) is 7.66. The fourth-order valence-corrected chi connectivity index (χ4v) is 2.47. The van der Waals surface area contributed by atoms with E-state index in [0.717, 1.165) is 24.0 Å². The predicted molar refractivity (Wildman–Crippen MR) is 67.9 cm³/mol. The Bertz CT molecular complexity index is 405. The molecule has 0 aliphatic carbocycles. The molecule has 2 N–H and O–H groups in total. The summed E-state index contributed by atoms with van der Waals surface area (Å²) in [7, 11) is 0. The minimum Gasteiger partial charge on any atom is -0.348 e. The van der Waals surface area contributed by atoms with Gasteiger partial charge in [0.25, 0.3) is 5.91 Å². The second-order valence-electron chi connectivity index (χ2n) is 3.79. The van der Waals surface area contributed by atoms with Crippen molar-refractivity contribution in [3.63, 3.8) is 0 Å². The summed E-state index contributed by atoms with van der Waals surface area (Å²) in [6.07, 6.45) is 0.972. The van der Waals surface area contributed by atoms with Gasteiger partial charge in [-0.15, -0.1) is 0 Å². The Balaban J connectivity index is 2.08. The van der Waals surface area contributed by atoms with Crippen molar-refractivity contribution in [3.8, 4) is 0 Å². The van der Waals surface area contributed by atoms with E-state index in [2.05, 4.69) is 26.6 Å². The lowest BCUT2D eigenvalue weighted by molar-refractivity contribution is 0.0940. The number of halogens is 2. The third kappa shape index (κ3) is 2.75. The van der Waals surface area contributed by atoms with Crippen molar-refractivity contribution >= 4 is 33.4 Å². The maximum atomic E-state index is 11.9. The zero-order valence-corrected chi connectivity index (χ0v) is 10.9. The molecule has 1 heterocycles. The van der Waals surface area contributed by atoms with E-state index in [1.54, 1.807) is 12.1 Å². The molecule has 0 spiro atoms. The summed E-state index contributed by atoms with van der Waals surface area (Å²) in [6, 6.07) is 5.48. The minimum absolute atomic E-state index is 0.105. The van der Waals surface area contributed by atoms with Gasteiger partial charge in [0.1, 0.15) is 0 Å². The lowest BCUT2D eigenvalue weighted by Crippen LogP contribution is -2.36. The van der Waals surface area contributed by atoms with Crippen LogP contribution in [0.5, 0.6) is 0 Å². The fraction of sp³-hybridized carbons (Fsp3) is 0.364. The summed E-state index contributed by atoms with van der Waals surface area (Å²) in [6.45, 7) is 1.79. The number of nitrogens with one attached hydrogen (secondary N) is 2. The molecule has 1 aliphatic heterocycles. The number of hydrogen-bond acceptors (Lipinski definition) is 2. The van der Waals surface area contributed by atoms with Crippen LogP contribution < -0.4 is 10.6 Å². The van der Waals surface area contributed by atoms with Crippen LogP contribution in [-0.2, 0) is 0 Å². The van der Waals surface area contributed by atoms with Crippen LogP contribution in [0.15, 0.2) is 22.7 Å². The highest BCUT2D eigenvalue weighted by Crippen LogP contribution is 2.21. The lowest BCUT2D eigenvalue weighted by atomic mass is 10.2. The van der Waals surface area contributed by atoms with Gasteiger partial charge in [0.2, 0.25) is 0 Å². The normalized spacial score (nSPS) is 19.8. The largest absolute Gasteiger partial charge is 0.348 e. The van der Waals surface area contributed by atoms with Crippen LogP contribution in [0.3, 0.4) is 0 Å². The highest BCUT2D eigenvalue weighted by atomic mass is 79.9. The fourth-order valence-electron chi connectivity index (χ4n) is 1.71. The highest BCUT2D eigenvalue weighted by Gasteiger charge is 2.18. The third-order valence-corrected chi connectivity index (χ3v) is 3.38. The molecule has 3 nitrogen and oxygen atoms in total. The van der Waals surface area contributed by atoms with Gasteiger partial charge in [0, 0.05) is 17.1 Å². The molecule has 1 amide bonds. The van der Waals surface area contributed by atoms with Crippen molar-refractivity contribution in [2.75, 3.05) is 13.1 Å². The highest BCUT2D eigenvalue weighted by molar-refractivity contribution is 9.10. The summed E-state index contributed by atoms with van der Waals surface area (Å²) in [5.41, 5.74) is 0.525. The molecule has 16 heavy (non-hydrogen) atoms. The van der Waals surface area contributed by atoms with Crippen molar-refractivity contribution in [1.29, 1.82) is 0 Å². The molecule has 1 aromatic rings. The van der Waals surface area contributed by atoms with E-state index in [9.17, 15) is 4.79 Å². The number of rotatable bonds is 2. The SMILES string of the molecule is O=C(N[C@H]1CCNC1)c1ccc(Br)cc1Cl. The van der Waals surface area contributed by atoms with Crippen molar-refractivity contribution in [2.24, 2.45) is 0 Å². The van der Waals surface area contributed by atoms with Crippen LogP contribution in [0.4, 0.5) is 0 Å². The molecule has 2 rings (SSSR count). The Morgan fingerprint density at radius 3 is 3.00 bits per heavy atom. The van der Waals surface area contributed by atoms with E-state index in [4.69, 9.17) is 11.6 Å². The predicted octanol–water partition coefficient (Wildman–Crippen LogP) is 2.19. The average molecular weight is 304 g/mol. The quantitative estimate of drug-likeness (QED) is 0.879. The Hall–Kier alpha value is -0.580. The van der Waals surface area contributed by atoms with E-state index >= 15 is 0 Å². The van der Waals surface area contributed by atoms with Gasteiger partial charge in [-0.1, -0.05) is 27.5 Å². The van der Waals surface area contributed by atoms with Crippen LogP contribution in [0.25, 0.3) is 0 Å². The van der Waals surface area contributed by atoms with Gasteiger partial charge in [-0.2, -0.15) is 0 Å². The van der Waals surface area contributed by atoms with Crippen molar-refractivity contribution in [2.45, 2.75) is 12.5 Å². The maximum Gasteiger partial charge on any atom is 0.253 e. The first-order valence-electron chi connectivity index (χ1n) is 5.13. The molecular weight excluding hydrogens is 291 g/mol. The van der Waals surface area contributed by atoms with Crippen molar-refractivity contribution in [1.82, 2.24) is 10.6 Å². The van der Waals surface area contributed by atoms with E-state index < -0.39 is 0 Å². The smallest absolute Gasteiger partial charge is 0.253 e.